The van der Waals surface area contributed by atoms with Gasteiger partial charge in [-0.2, -0.15) is 5.10 Å². The maximum atomic E-state index is 4.41. The van der Waals surface area contributed by atoms with Gasteiger partial charge < -0.3 is 5.32 Å². The van der Waals surface area contributed by atoms with E-state index < -0.39 is 0 Å². The van der Waals surface area contributed by atoms with E-state index in [4.69, 9.17) is 0 Å². The van der Waals surface area contributed by atoms with Gasteiger partial charge in [0.2, 0.25) is 0 Å². The number of aryl methyl sites for hydroxylation is 3. The van der Waals surface area contributed by atoms with Crippen LogP contribution in [0.2, 0.25) is 0 Å². The molecule has 5 heteroatoms. The Hall–Kier alpha value is -1.36. The van der Waals surface area contributed by atoms with E-state index in [-0.39, 0.29) is 0 Å². The summed E-state index contributed by atoms with van der Waals surface area (Å²) in [6.07, 6.45) is 4.02. The molecule has 0 unspecified atom stereocenters. The van der Waals surface area contributed by atoms with Crippen LogP contribution in [-0.4, -0.2) is 21.3 Å². The van der Waals surface area contributed by atoms with Crippen molar-refractivity contribution in [2.75, 3.05) is 11.9 Å². The molecular weight excluding hydrogens is 232 g/mol. The normalized spacial score (nSPS) is 10.8. The van der Waals surface area contributed by atoms with Crippen molar-refractivity contribution >= 4 is 17.0 Å². The summed E-state index contributed by atoms with van der Waals surface area (Å²) in [6, 6.07) is 0. The van der Waals surface area contributed by atoms with Gasteiger partial charge in [-0.15, -0.1) is 11.3 Å². The van der Waals surface area contributed by atoms with Crippen LogP contribution < -0.4 is 5.32 Å². The predicted molar refractivity (Wildman–Crippen MR) is 71.6 cm³/mol. The minimum atomic E-state index is 0.932. The molecule has 92 valence electrons. The lowest BCUT2D eigenvalue weighted by molar-refractivity contribution is 0.746. The van der Waals surface area contributed by atoms with Gasteiger partial charge in [0, 0.05) is 31.1 Å². The summed E-state index contributed by atoms with van der Waals surface area (Å²) in [4.78, 5) is 5.61. The largest absolute Gasteiger partial charge is 0.382 e. The highest BCUT2D eigenvalue weighted by atomic mass is 32.1. The molecule has 0 aliphatic rings. The summed E-state index contributed by atoms with van der Waals surface area (Å²) in [5, 5.41) is 7.85. The topological polar surface area (TPSA) is 42.7 Å². The molecule has 0 spiro atoms. The Morgan fingerprint density at radius 2 is 2.29 bits per heavy atom. The van der Waals surface area contributed by atoms with Crippen molar-refractivity contribution in [3.63, 3.8) is 0 Å². The van der Waals surface area contributed by atoms with Gasteiger partial charge in [0.05, 0.1) is 22.6 Å². The average Bonchev–Trinajstić information content (AvgIpc) is 2.86. The van der Waals surface area contributed by atoms with Crippen LogP contribution in [0.1, 0.15) is 23.2 Å². The molecule has 4 nitrogen and oxygen atoms in total. The summed E-state index contributed by atoms with van der Waals surface area (Å²) in [5.41, 5.74) is 5.34. The molecule has 2 heterocycles. The summed E-state index contributed by atoms with van der Waals surface area (Å²) in [6.45, 7) is 5.12. The molecule has 0 radical (unpaired) electrons. The SMILES string of the molecule is CCc1nn(C)cc1NCCc1scnc1C. The minimum Gasteiger partial charge on any atom is -0.382 e. The Kier molecular flexibility index (Phi) is 3.78. The Morgan fingerprint density at radius 3 is 2.94 bits per heavy atom. The fourth-order valence-electron chi connectivity index (χ4n) is 1.82. The summed E-state index contributed by atoms with van der Waals surface area (Å²) < 4.78 is 1.86. The van der Waals surface area contributed by atoms with Crippen molar-refractivity contribution < 1.29 is 0 Å². The number of rotatable bonds is 5. The van der Waals surface area contributed by atoms with E-state index in [1.165, 1.54) is 4.88 Å². The van der Waals surface area contributed by atoms with E-state index in [0.717, 1.165) is 36.5 Å². The molecule has 0 bridgehead atoms. The van der Waals surface area contributed by atoms with Gasteiger partial charge in [0.1, 0.15) is 0 Å². The smallest absolute Gasteiger partial charge is 0.0853 e. The van der Waals surface area contributed by atoms with E-state index in [0.29, 0.717) is 0 Å². The van der Waals surface area contributed by atoms with Crippen molar-refractivity contribution in [1.82, 2.24) is 14.8 Å². The zero-order chi connectivity index (χ0) is 12.3. The second-order valence-electron chi connectivity index (χ2n) is 4.05. The maximum absolute atomic E-state index is 4.41. The summed E-state index contributed by atoms with van der Waals surface area (Å²) in [5.74, 6) is 0. The molecule has 0 saturated carbocycles. The number of hydrogen-bond donors (Lipinski definition) is 1. The molecule has 2 rings (SSSR count). The van der Waals surface area contributed by atoms with E-state index >= 15 is 0 Å². The first-order chi connectivity index (χ1) is 8.20. The Balaban J connectivity index is 1.92. The van der Waals surface area contributed by atoms with Crippen LogP contribution in [0, 0.1) is 6.92 Å². The van der Waals surface area contributed by atoms with Crippen molar-refractivity contribution in [2.24, 2.45) is 7.05 Å². The van der Waals surface area contributed by atoms with Crippen molar-refractivity contribution in [3.05, 3.63) is 28.0 Å². The van der Waals surface area contributed by atoms with Crippen LogP contribution in [0.4, 0.5) is 5.69 Å². The molecular formula is C12H18N4S. The number of aromatic nitrogens is 3. The number of nitrogens with zero attached hydrogens (tertiary/aromatic N) is 3. The van der Waals surface area contributed by atoms with E-state index in [9.17, 15) is 0 Å². The number of nitrogens with one attached hydrogen (secondary N) is 1. The van der Waals surface area contributed by atoms with Crippen molar-refractivity contribution in [1.29, 1.82) is 0 Å². The first-order valence-electron chi connectivity index (χ1n) is 5.86. The Bertz CT molecular complexity index is 486. The highest BCUT2D eigenvalue weighted by Gasteiger charge is 2.06. The molecule has 1 N–H and O–H groups in total. The first-order valence-corrected chi connectivity index (χ1v) is 6.74. The first kappa shape index (κ1) is 12.1. The highest BCUT2D eigenvalue weighted by Crippen LogP contribution is 2.16. The third-order valence-corrected chi connectivity index (χ3v) is 3.75. The van der Waals surface area contributed by atoms with Crippen LogP contribution in [0.5, 0.6) is 0 Å². The third kappa shape index (κ3) is 2.85. The molecule has 0 aromatic carbocycles. The lowest BCUT2D eigenvalue weighted by Crippen LogP contribution is -2.05. The molecule has 0 aliphatic heterocycles. The lowest BCUT2D eigenvalue weighted by Gasteiger charge is -2.04. The molecule has 0 saturated heterocycles. The van der Waals surface area contributed by atoms with Gasteiger partial charge in [0.25, 0.3) is 0 Å². The molecule has 2 aromatic rings. The standard InChI is InChI=1S/C12H18N4S/c1-4-10-11(7-16(3)15-10)13-6-5-12-9(2)14-8-17-12/h7-8,13H,4-6H2,1-3H3. The third-order valence-electron chi connectivity index (χ3n) is 2.75. The predicted octanol–water partition coefficient (Wildman–Crippen LogP) is 2.40. The molecule has 0 fully saturated rings. The Morgan fingerprint density at radius 1 is 1.47 bits per heavy atom. The zero-order valence-corrected chi connectivity index (χ0v) is 11.3. The number of hydrogen-bond acceptors (Lipinski definition) is 4. The zero-order valence-electron chi connectivity index (χ0n) is 10.5. The van der Waals surface area contributed by atoms with Crippen LogP contribution in [0.15, 0.2) is 11.7 Å². The van der Waals surface area contributed by atoms with Crippen LogP contribution >= 0.6 is 11.3 Å². The fourth-order valence-corrected chi connectivity index (χ4v) is 2.60. The minimum absolute atomic E-state index is 0.932. The van der Waals surface area contributed by atoms with Gasteiger partial charge in [-0.1, -0.05) is 6.92 Å². The van der Waals surface area contributed by atoms with Gasteiger partial charge >= 0.3 is 0 Å². The van der Waals surface area contributed by atoms with E-state index in [1.54, 1.807) is 11.3 Å². The Labute approximate surface area is 106 Å². The second-order valence-corrected chi connectivity index (χ2v) is 4.99. The summed E-state index contributed by atoms with van der Waals surface area (Å²) in [7, 11) is 1.96. The summed E-state index contributed by atoms with van der Waals surface area (Å²) >= 11 is 1.73. The van der Waals surface area contributed by atoms with Gasteiger partial charge in [0.15, 0.2) is 0 Å². The molecule has 0 atom stereocenters. The number of thiazole rings is 1. The fraction of sp³-hybridized carbons (Fsp3) is 0.500. The van der Waals surface area contributed by atoms with Gasteiger partial charge in [-0.3, -0.25) is 4.68 Å². The lowest BCUT2D eigenvalue weighted by atomic mass is 10.2. The molecule has 0 amide bonds. The maximum Gasteiger partial charge on any atom is 0.0853 e. The van der Waals surface area contributed by atoms with Crippen LogP contribution in [0.3, 0.4) is 0 Å². The van der Waals surface area contributed by atoms with Crippen molar-refractivity contribution in [2.45, 2.75) is 26.7 Å². The molecule has 2 aromatic heterocycles. The second kappa shape index (κ2) is 5.31. The highest BCUT2D eigenvalue weighted by molar-refractivity contribution is 7.09. The van der Waals surface area contributed by atoms with Gasteiger partial charge in [-0.25, -0.2) is 4.98 Å². The quantitative estimate of drug-likeness (QED) is 0.886. The number of anilines is 1. The van der Waals surface area contributed by atoms with Crippen LogP contribution in [0.25, 0.3) is 0 Å². The van der Waals surface area contributed by atoms with E-state index in [2.05, 4.69) is 29.2 Å². The molecule has 17 heavy (non-hydrogen) atoms. The molecule has 0 aliphatic carbocycles. The van der Waals surface area contributed by atoms with Crippen molar-refractivity contribution in [3.8, 4) is 0 Å². The monoisotopic (exact) mass is 250 g/mol. The van der Waals surface area contributed by atoms with Gasteiger partial charge in [-0.05, 0) is 13.3 Å². The van der Waals surface area contributed by atoms with E-state index in [1.807, 2.05) is 23.4 Å². The van der Waals surface area contributed by atoms with Crippen LogP contribution in [-0.2, 0) is 19.9 Å². The average molecular weight is 250 g/mol.